The van der Waals surface area contributed by atoms with Crippen LogP contribution in [0.1, 0.15) is 33.6 Å². The molecule has 0 saturated carbocycles. The number of nitrogens with one attached hydrogen (secondary N) is 2. The molecule has 1 amide bonds. The number of amides is 1. The van der Waals surface area contributed by atoms with Gasteiger partial charge in [-0.2, -0.15) is 4.37 Å². The lowest BCUT2D eigenvalue weighted by molar-refractivity contribution is 0.0947. The Morgan fingerprint density at radius 1 is 1.35 bits per heavy atom. The van der Waals surface area contributed by atoms with Gasteiger partial charge < -0.3 is 15.4 Å². The molecular weight excluding hydrogens is 310 g/mol. The van der Waals surface area contributed by atoms with Gasteiger partial charge in [-0.1, -0.05) is 6.07 Å². The maximum atomic E-state index is 12.2. The maximum absolute atomic E-state index is 12.2. The Labute approximate surface area is 140 Å². The van der Waals surface area contributed by atoms with Crippen LogP contribution >= 0.6 is 11.5 Å². The molecule has 2 N–H and O–H groups in total. The highest BCUT2D eigenvalue weighted by Crippen LogP contribution is 2.26. The van der Waals surface area contributed by atoms with Crippen LogP contribution in [0.5, 0.6) is 5.75 Å². The average molecular weight is 331 g/mol. The van der Waals surface area contributed by atoms with Crippen LogP contribution in [-0.4, -0.2) is 30.5 Å². The number of rotatable bonds is 6. The predicted molar refractivity (Wildman–Crippen MR) is 92.7 cm³/mol. The van der Waals surface area contributed by atoms with Gasteiger partial charge in [-0.3, -0.25) is 4.79 Å². The molecule has 0 spiro atoms. The van der Waals surface area contributed by atoms with Gasteiger partial charge >= 0.3 is 0 Å². The number of nitrogens with zero attached hydrogens (tertiary/aromatic N) is 1. The first-order valence-corrected chi connectivity index (χ1v) is 8.63. The lowest BCUT2D eigenvalue weighted by Gasteiger charge is -2.09. The summed E-state index contributed by atoms with van der Waals surface area (Å²) in [5.74, 6) is 0.766. The smallest absolute Gasteiger partial charge is 0.256 e. The van der Waals surface area contributed by atoms with Gasteiger partial charge in [0.25, 0.3) is 5.91 Å². The molecule has 1 aromatic carbocycles. The summed E-state index contributed by atoms with van der Waals surface area (Å²) >= 11 is 1.30. The summed E-state index contributed by atoms with van der Waals surface area (Å²) in [5.41, 5.74) is 4.20. The van der Waals surface area contributed by atoms with Gasteiger partial charge in [-0.15, -0.1) is 0 Å². The normalized spacial score (nSPS) is 12.8. The molecule has 3 rings (SSSR count). The van der Waals surface area contributed by atoms with Gasteiger partial charge in [0.2, 0.25) is 0 Å². The Bertz CT molecular complexity index is 712. The monoisotopic (exact) mass is 331 g/mol. The molecule has 1 heterocycles. The van der Waals surface area contributed by atoms with Crippen LogP contribution in [0.3, 0.4) is 0 Å². The van der Waals surface area contributed by atoms with E-state index in [2.05, 4.69) is 27.1 Å². The van der Waals surface area contributed by atoms with Crippen molar-refractivity contribution >= 4 is 22.4 Å². The third-order valence-electron chi connectivity index (χ3n) is 4.04. The molecule has 0 aliphatic heterocycles. The number of aromatic nitrogens is 1. The fourth-order valence-electron chi connectivity index (χ4n) is 2.87. The first-order chi connectivity index (χ1) is 11.2. The van der Waals surface area contributed by atoms with E-state index in [9.17, 15) is 4.79 Å². The van der Waals surface area contributed by atoms with Crippen LogP contribution in [0.25, 0.3) is 0 Å². The van der Waals surface area contributed by atoms with Gasteiger partial charge in [0.05, 0.1) is 17.8 Å². The summed E-state index contributed by atoms with van der Waals surface area (Å²) in [5, 5.41) is 6.68. The molecule has 1 aliphatic carbocycles. The molecule has 23 heavy (non-hydrogen) atoms. The number of carbonyl (C=O) groups excluding carboxylic acids is 1. The minimum atomic E-state index is -0.113. The second kappa shape index (κ2) is 7.00. The number of hydrogen-bond acceptors (Lipinski definition) is 5. The average Bonchev–Trinajstić information content (AvgIpc) is 3.16. The maximum Gasteiger partial charge on any atom is 0.256 e. The largest absolute Gasteiger partial charge is 0.492 e. The molecule has 0 unspecified atom stereocenters. The Morgan fingerprint density at radius 2 is 2.17 bits per heavy atom. The van der Waals surface area contributed by atoms with Crippen molar-refractivity contribution in [2.75, 3.05) is 25.5 Å². The number of aryl methyl sites for hydroxylation is 3. The third kappa shape index (κ3) is 3.47. The topological polar surface area (TPSA) is 63.2 Å². The number of hydrogen-bond donors (Lipinski definition) is 2. The van der Waals surface area contributed by atoms with E-state index in [0.29, 0.717) is 18.7 Å². The molecule has 0 bridgehead atoms. The molecule has 2 aromatic rings. The first-order valence-electron chi connectivity index (χ1n) is 7.86. The molecule has 0 saturated heterocycles. The molecular formula is C17H21N3O2S. The molecule has 6 heteroatoms. The van der Waals surface area contributed by atoms with Crippen molar-refractivity contribution in [1.82, 2.24) is 9.69 Å². The fraction of sp³-hybridized carbons (Fsp3) is 0.412. The van der Waals surface area contributed by atoms with Gasteiger partial charge in [-0.25, -0.2) is 0 Å². The van der Waals surface area contributed by atoms with E-state index in [0.717, 1.165) is 22.9 Å². The van der Waals surface area contributed by atoms with Crippen LogP contribution in [0.2, 0.25) is 0 Å². The van der Waals surface area contributed by atoms with Crippen molar-refractivity contribution < 1.29 is 9.53 Å². The zero-order chi connectivity index (χ0) is 16.2. The number of carbonyl (C=O) groups is 1. The van der Waals surface area contributed by atoms with Crippen molar-refractivity contribution in [3.8, 4) is 5.75 Å². The molecule has 0 atom stereocenters. The van der Waals surface area contributed by atoms with Crippen molar-refractivity contribution in [2.45, 2.75) is 26.2 Å². The number of fused-ring (bicyclic) bond motifs is 1. The van der Waals surface area contributed by atoms with Crippen LogP contribution in [0, 0.1) is 6.92 Å². The highest BCUT2D eigenvalue weighted by molar-refractivity contribution is 7.10. The number of benzene rings is 1. The van der Waals surface area contributed by atoms with Crippen LogP contribution in [0.15, 0.2) is 18.2 Å². The van der Waals surface area contributed by atoms with E-state index in [1.165, 1.54) is 35.5 Å². The number of ether oxygens (including phenoxy) is 1. The summed E-state index contributed by atoms with van der Waals surface area (Å²) in [6.45, 7) is 2.76. The molecule has 0 fully saturated rings. The van der Waals surface area contributed by atoms with Crippen LogP contribution < -0.4 is 15.4 Å². The van der Waals surface area contributed by atoms with E-state index in [4.69, 9.17) is 4.74 Å². The minimum absolute atomic E-state index is 0.113. The second-order valence-corrected chi connectivity index (χ2v) is 6.38. The zero-order valence-corrected chi connectivity index (χ0v) is 14.3. The second-order valence-electron chi connectivity index (χ2n) is 5.61. The predicted octanol–water partition coefficient (Wildman–Crippen LogP) is 2.79. The van der Waals surface area contributed by atoms with E-state index >= 15 is 0 Å². The lowest BCUT2D eigenvalue weighted by atomic mass is 10.1. The third-order valence-corrected chi connectivity index (χ3v) is 5.00. The van der Waals surface area contributed by atoms with Gasteiger partial charge in [0, 0.05) is 7.05 Å². The van der Waals surface area contributed by atoms with E-state index in [-0.39, 0.29) is 5.91 Å². The molecule has 5 nitrogen and oxygen atoms in total. The van der Waals surface area contributed by atoms with Gasteiger partial charge in [-0.05, 0) is 61.0 Å². The van der Waals surface area contributed by atoms with Crippen LogP contribution in [0.4, 0.5) is 5.00 Å². The SMILES string of the molecule is CNc1snc(C)c1C(=O)NCCOc1ccc2c(c1)CCC2. The summed E-state index contributed by atoms with van der Waals surface area (Å²) < 4.78 is 9.95. The summed E-state index contributed by atoms with van der Waals surface area (Å²) in [6, 6.07) is 6.28. The molecule has 122 valence electrons. The lowest BCUT2D eigenvalue weighted by Crippen LogP contribution is -2.28. The Kier molecular flexibility index (Phi) is 4.81. The van der Waals surface area contributed by atoms with Gasteiger partial charge in [0.1, 0.15) is 17.4 Å². The standard InChI is InChI=1S/C17H21N3O2S/c1-11-15(17(18-2)23-20-11)16(21)19-8-9-22-14-7-6-12-4-3-5-13(12)10-14/h6-7,10,18H,3-5,8-9H2,1-2H3,(H,19,21). The number of anilines is 1. The quantitative estimate of drug-likeness (QED) is 0.799. The fourth-order valence-corrected chi connectivity index (χ4v) is 3.61. The minimum Gasteiger partial charge on any atom is -0.492 e. The van der Waals surface area contributed by atoms with Crippen LogP contribution in [-0.2, 0) is 12.8 Å². The summed E-state index contributed by atoms with van der Waals surface area (Å²) in [6.07, 6.45) is 3.55. The zero-order valence-electron chi connectivity index (χ0n) is 13.4. The molecule has 0 radical (unpaired) electrons. The van der Waals surface area contributed by atoms with Crippen molar-refractivity contribution in [3.63, 3.8) is 0 Å². The van der Waals surface area contributed by atoms with Crippen molar-refractivity contribution in [2.24, 2.45) is 0 Å². The Morgan fingerprint density at radius 3 is 3.00 bits per heavy atom. The molecule has 1 aromatic heterocycles. The van der Waals surface area contributed by atoms with Gasteiger partial charge in [0.15, 0.2) is 0 Å². The summed E-state index contributed by atoms with van der Waals surface area (Å²) in [7, 11) is 1.79. The Hall–Kier alpha value is -2.08. The Balaban J connectivity index is 1.50. The summed E-state index contributed by atoms with van der Waals surface area (Å²) in [4.78, 5) is 12.2. The van der Waals surface area contributed by atoms with Crippen molar-refractivity contribution in [1.29, 1.82) is 0 Å². The van der Waals surface area contributed by atoms with Crippen molar-refractivity contribution in [3.05, 3.63) is 40.6 Å². The van der Waals surface area contributed by atoms with E-state index in [1.54, 1.807) is 7.05 Å². The van der Waals surface area contributed by atoms with E-state index in [1.807, 2.05) is 13.0 Å². The first kappa shape index (κ1) is 15.8. The highest BCUT2D eigenvalue weighted by atomic mass is 32.1. The van der Waals surface area contributed by atoms with E-state index < -0.39 is 0 Å². The molecule has 1 aliphatic rings. The highest BCUT2D eigenvalue weighted by Gasteiger charge is 2.17.